The van der Waals surface area contributed by atoms with Gasteiger partial charge in [-0.3, -0.25) is 4.79 Å². The van der Waals surface area contributed by atoms with Crippen LogP contribution in [0.25, 0.3) is 16.9 Å². The average Bonchev–Trinajstić information content (AvgIpc) is 3.30. The van der Waals surface area contributed by atoms with Crippen molar-refractivity contribution in [2.75, 3.05) is 38.2 Å². The van der Waals surface area contributed by atoms with E-state index in [1.165, 1.54) is 6.33 Å². The number of fused-ring (bicyclic) bond motifs is 1. The number of nitrogens with zero attached hydrogens (tertiary/aromatic N) is 7. The first-order valence-electron chi connectivity index (χ1n) is 10.3. The largest absolute Gasteiger partial charge is 0.497 e. The third-order valence-corrected chi connectivity index (χ3v) is 6.11. The van der Waals surface area contributed by atoms with Crippen molar-refractivity contribution in [3.8, 4) is 11.4 Å². The first-order chi connectivity index (χ1) is 16.0. The Labute approximate surface area is 199 Å². The number of benzene rings is 2. The molecule has 5 rings (SSSR count). The topological polar surface area (TPSA) is 89.3 Å². The van der Waals surface area contributed by atoms with Crippen LogP contribution in [0.4, 0.5) is 5.82 Å². The lowest BCUT2D eigenvalue weighted by Crippen LogP contribution is -2.49. The zero-order valence-electron chi connectivity index (χ0n) is 17.7. The molecule has 0 N–H and O–H groups in total. The normalized spacial score (nSPS) is 14.0. The molecule has 1 amide bonds. The molecule has 1 aliphatic rings. The van der Waals surface area contributed by atoms with E-state index in [0.717, 1.165) is 5.69 Å². The monoisotopic (exact) mass is 483 g/mol. The highest BCUT2D eigenvalue weighted by atomic mass is 35.5. The van der Waals surface area contributed by atoms with Gasteiger partial charge in [0, 0.05) is 37.3 Å². The maximum atomic E-state index is 12.9. The van der Waals surface area contributed by atoms with Crippen molar-refractivity contribution in [2.45, 2.75) is 0 Å². The molecule has 11 heteroatoms. The number of hydrogen-bond acceptors (Lipinski definition) is 7. The van der Waals surface area contributed by atoms with Gasteiger partial charge in [-0.15, -0.1) is 5.10 Å². The minimum atomic E-state index is -0.140. The Morgan fingerprint density at radius 3 is 2.64 bits per heavy atom. The van der Waals surface area contributed by atoms with E-state index in [2.05, 4.69) is 25.2 Å². The third kappa shape index (κ3) is 4.05. The van der Waals surface area contributed by atoms with Crippen LogP contribution in [0.5, 0.6) is 5.75 Å². The molecule has 2 aromatic heterocycles. The van der Waals surface area contributed by atoms with Gasteiger partial charge in [-0.25, -0.2) is 9.97 Å². The van der Waals surface area contributed by atoms with E-state index in [4.69, 9.17) is 27.9 Å². The number of amides is 1. The highest BCUT2D eigenvalue weighted by Crippen LogP contribution is 2.26. The van der Waals surface area contributed by atoms with Crippen LogP contribution in [0, 0.1) is 0 Å². The van der Waals surface area contributed by atoms with Gasteiger partial charge in [-0.05, 0) is 30.3 Å². The number of halogens is 2. The van der Waals surface area contributed by atoms with Gasteiger partial charge in [0.25, 0.3) is 5.91 Å². The highest BCUT2D eigenvalue weighted by molar-refractivity contribution is 6.35. The number of anilines is 1. The van der Waals surface area contributed by atoms with Gasteiger partial charge in [-0.1, -0.05) is 34.5 Å². The van der Waals surface area contributed by atoms with E-state index in [9.17, 15) is 4.79 Å². The fourth-order valence-corrected chi connectivity index (χ4v) is 4.21. The summed E-state index contributed by atoms with van der Waals surface area (Å²) in [5.74, 6) is 1.26. The summed E-state index contributed by atoms with van der Waals surface area (Å²) in [7, 11) is 1.61. The lowest BCUT2D eigenvalue weighted by Gasteiger charge is -2.35. The number of aromatic nitrogens is 5. The Balaban J connectivity index is 1.37. The number of methoxy groups -OCH3 is 1. The van der Waals surface area contributed by atoms with Crippen LogP contribution in [-0.4, -0.2) is 69.1 Å². The third-order valence-electron chi connectivity index (χ3n) is 5.54. The van der Waals surface area contributed by atoms with E-state index in [1.54, 1.807) is 34.9 Å². The van der Waals surface area contributed by atoms with E-state index < -0.39 is 0 Å². The molecule has 0 aliphatic carbocycles. The maximum Gasteiger partial charge on any atom is 0.255 e. The molecule has 33 heavy (non-hydrogen) atoms. The molecule has 1 saturated heterocycles. The van der Waals surface area contributed by atoms with Gasteiger partial charge in [0.05, 0.1) is 23.4 Å². The van der Waals surface area contributed by atoms with Gasteiger partial charge in [0.15, 0.2) is 17.0 Å². The number of carbonyl (C=O) groups is 1. The Bertz CT molecular complexity index is 1340. The minimum absolute atomic E-state index is 0.140. The zero-order chi connectivity index (χ0) is 22.9. The van der Waals surface area contributed by atoms with E-state index >= 15 is 0 Å². The smallest absolute Gasteiger partial charge is 0.255 e. The predicted octanol–water partition coefficient (Wildman–Crippen LogP) is 3.49. The summed E-state index contributed by atoms with van der Waals surface area (Å²) in [6.07, 6.45) is 1.50. The molecule has 0 atom stereocenters. The van der Waals surface area contributed by atoms with Crippen molar-refractivity contribution in [1.82, 2.24) is 29.9 Å². The summed E-state index contributed by atoms with van der Waals surface area (Å²) >= 11 is 12.3. The second-order valence-electron chi connectivity index (χ2n) is 7.48. The minimum Gasteiger partial charge on any atom is -0.497 e. The van der Waals surface area contributed by atoms with Gasteiger partial charge in [0.1, 0.15) is 12.1 Å². The number of carbonyl (C=O) groups excluding carboxylic acids is 1. The van der Waals surface area contributed by atoms with Crippen molar-refractivity contribution in [1.29, 1.82) is 0 Å². The molecule has 2 aromatic carbocycles. The molecule has 1 aliphatic heterocycles. The standard InChI is InChI=1S/C22H19Cl2N7O2/c1-33-16-4-2-3-15(12-16)31-21-19(27-28-31)20(25-13-26-21)29-7-9-30(10-8-29)22(32)17-11-14(23)5-6-18(17)24/h2-6,11-13H,7-10H2,1H3. The summed E-state index contributed by atoms with van der Waals surface area (Å²) < 4.78 is 6.97. The van der Waals surface area contributed by atoms with Crippen LogP contribution >= 0.6 is 23.2 Å². The second kappa shape index (κ2) is 8.84. The van der Waals surface area contributed by atoms with Crippen molar-refractivity contribution in [2.24, 2.45) is 0 Å². The molecule has 3 heterocycles. The van der Waals surface area contributed by atoms with Crippen LogP contribution in [0.2, 0.25) is 10.0 Å². The summed E-state index contributed by atoms with van der Waals surface area (Å²) in [5, 5.41) is 9.49. The molecular weight excluding hydrogens is 465 g/mol. The Morgan fingerprint density at radius 1 is 1.03 bits per heavy atom. The van der Waals surface area contributed by atoms with Crippen LogP contribution < -0.4 is 9.64 Å². The number of piperazine rings is 1. The van der Waals surface area contributed by atoms with Gasteiger partial charge < -0.3 is 14.5 Å². The SMILES string of the molecule is COc1cccc(-n2nnc3c(N4CCN(C(=O)c5cc(Cl)ccc5Cl)CC4)ncnc32)c1. The molecule has 0 bridgehead atoms. The van der Waals surface area contributed by atoms with Crippen molar-refractivity contribution < 1.29 is 9.53 Å². The molecular formula is C22H19Cl2N7O2. The second-order valence-corrected chi connectivity index (χ2v) is 8.32. The Hall–Kier alpha value is -3.43. The van der Waals surface area contributed by atoms with Crippen molar-refractivity contribution >= 4 is 46.1 Å². The molecule has 1 fully saturated rings. The highest BCUT2D eigenvalue weighted by Gasteiger charge is 2.26. The molecule has 9 nitrogen and oxygen atoms in total. The maximum absolute atomic E-state index is 12.9. The lowest BCUT2D eigenvalue weighted by atomic mass is 10.1. The molecule has 0 saturated carbocycles. The molecule has 4 aromatic rings. The quantitative estimate of drug-likeness (QED) is 0.438. The molecule has 168 valence electrons. The van der Waals surface area contributed by atoms with Crippen LogP contribution in [-0.2, 0) is 0 Å². The number of ether oxygens (including phenoxy) is 1. The zero-order valence-corrected chi connectivity index (χ0v) is 19.2. The predicted molar refractivity (Wildman–Crippen MR) is 126 cm³/mol. The van der Waals surface area contributed by atoms with Crippen LogP contribution in [0.3, 0.4) is 0 Å². The van der Waals surface area contributed by atoms with E-state index in [0.29, 0.717) is 64.5 Å². The van der Waals surface area contributed by atoms with Crippen molar-refractivity contribution in [3.63, 3.8) is 0 Å². The molecule has 0 radical (unpaired) electrons. The molecule has 0 unspecified atom stereocenters. The van der Waals surface area contributed by atoms with Crippen LogP contribution in [0.1, 0.15) is 10.4 Å². The van der Waals surface area contributed by atoms with E-state index in [1.807, 2.05) is 24.3 Å². The summed E-state index contributed by atoms with van der Waals surface area (Å²) in [4.78, 5) is 25.6. The van der Waals surface area contributed by atoms with Gasteiger partial charge in [0.2, 0.25) is 0 Å². The molecule has 0 spiro atoms. The number of hydrogen-bond donors (Lipinski definition) is 0. The summed E-state index contributed by atoms with van der Waals surface area (Å²) in [6, 6.07) is 12.4. The van der Waals surface area contributed by atoms with Gasteiger partial charge >= 0.3 is 0 Å². The van der Waals surface area contributed by atoms with Crippen LogP contribution in [0.15, 0.2) is 48.8 Å². The first-order valence-corrected chi connectivity index (χ1v) is 11.0. The Morgan fingerprint density at radius 2 is 1.85 bits per heavy atom. The average molecular weight is 484 g/mol. The first kappa shape index (κ1) is 21.4. The lowest BCUT2D eigenvalue weighted by molar-refractivity contribution is 0.0747. The number of rotatable bonds is 4. The fourth-order valence-electron chi connectivity index (χ4n) is 3.84. The fraction of sp³-hybridized carbons (Fsp3) is 0.227. The Kier molecular flexibility index (Phi) is 5.74. The van der Waals surface area contributed by atoms with Gasteiger partial charge in [-0.2, -0.15) is 4.68 Å². The summed E-state index contributed by atoms with van der Waals surface area (Å²) in [5.41, 5.74) is 2.38. The summed E-state index contributed by atoms with van der Waals surface area (Å²) in [6.45, 7) is 2.19. The van der Waals surface area contributed by atoms with E-state index in [-0.39, 0.29) is 5.91 Å². The van der Waals surface area contributed by atoms with Crippen molar-refractivity contribution in [3.05, 3.63) is 64.4 Å².